The molecule has 0 unspecified atom stereocenters. The number of hydrogen-bond donors (Lipinski definition) is 1. The van der Waals surface area contributed by atoms with Crippen molar-refractivity contribution < 1.29 is 14.3 Å². The molecule has 1 amide bonds. The zero-order chi connectivity index (χ0) is 24.3. The maximum absolute atomic E-state index is 13.0. The maximum atomic E-state index is 13.0. The molecule has 0 bridgehead atoms. The first-order chi connectivity index (χ1) is 16.8. The Morgan fingerprint density at radius 3 is 2.83 bits per heavy atom. The Hall–Kier alpha value is -3.40. The first kappa shape index (κ1) is 22.1. The Morgan fingerprint density at radius 2 is 2.03 bits per heavy atom. The Kier molecular flexibility index (Phi) is 5.10. The van der Waals surface area contributed by atoms with Crippen molar-refractivity contribution in [3.63, 3.8) is 0 Å². The number of amides is 1. The fourth-order valence-corrected chi connectivity index (χ4v) is 6.26. The summed E-state index contributed by atoms with van der Waals surface area (Å²) in [5, 5.41) is 8.33. The third-order valence-electron chi connectivity index (χ3n) is 6.98. The quantitative estimate of drug-likeness (QED) is 0.468. The zero-order valence-electron chi connectivity index (χ0n) is 20.0. The average molecular weight is 494 g/mol. The molecule has 2 aliphatic rings. The summed E-state index contributed by atoms with van der Waals surface area (Å²) in [6, 6.07) is 5.22. The number of thiophene rings is 1. The van der Waals surface area contributed by atoms with Crippen LogP contribution in [0.2, 0.25) is 0 Å². The van der Waals surface area contributed by atoms with Gasteiger partial charge in [-0.1, -0.05) is 20.8 Å². The summed E-state index contributed by atoms with van der Waals surface area (Å²) in [5.41, 5.74) is 2.26. The molecule has 1 N–H and O–H groups in total. The first-order valence-electron chi connectivity index (χ1n) is 11.9. The highest BCUT2D eigenvalue weighted by Crippen LogP contribution is 2.43. The second-order valence-corrected chi connectivity index (χ2v) is 11.4. The Morgan fingerprint density at radius 1 is 1.23 bits per heavy atom. The van der Waals surface area contributed by atoms with Gasteiger partial charge in [0, 0.05) is 16.6 Å². The van der Waals surface area contributed by atoms with E-state index in [-0.39, 0.29) is 23.6 Å². The lowest BCUT2D eigenvalue weighted by Gasteiger charge is -2.33. The van der Waals surface area contributed by atoms with Crippen LogP contribution in [0.4, 0.5) is 5.69 Å². The molecule has 10 heteroatoms. The van der Waals surface area contributed by atoms with Crippen molar-refractivity contribution in [1.82, 2.24) is 19.2 Å². The summed E-state index contributed by atoms with van der Waals surface area (Å²) < 4.78 is 13.7. The number of aromatic nitrogens is 4. The monoisotopic (exact) mass is 493 g/mol. The third-order valence-corrected chi connectivity index (χ3v) is 8.14. The summed E-state index contributed by atoms with van der Waals surface area (Å²) in [6.45, 7) is 7.65. The van der Waals surface area contributed by atoms with Crippen molar-refractivity contribution in [2.75, 3.05) is 18.5 Å². The van der Waals surface area contributed by atoms with Gasteiger partial charge in [-0.25, -0.2) is 18.9 Å². The summed E-state index contributed by atoms with van der Waals surface area (Å²) in [6.07, 6.45) is 4.59. The highest BCUT2D eigenvalue weighted by Gasteiger charge is 2.32. The summed E-state index contributed by atoms with van der Waals surface area (Å²) in [5.74, 6) is 1.50. The molecule has 1 aliphatic carbocycles. The number of ether oxygens (including phenoxy) is 2. The van der Waals surface area contributed by atoms with Crippen LogP contribution in [0.15, 0.2) is 29.3 Å². The van der Waals surface area contributed by atoms with Gasteiger partial charge in [-0.3, -0.25) is 4.79 Å². The van der Waals surface area contributed by atoms with Crippen molar-refractivity contribution >= 4 is 38.8 Å². The van der Waals surface area contributed by atoms with Crippen LogP contribution in [0.3, 0.4) is 0 Å². The fourth-order valence-electron chi connectivity index (χ4n) is 5.00. The van der Waals surface area contributed by atoms with Gasteiger partial charge in [0.1, 0.15) is 30.9 Å². The van der Waals surface area contributed by atoms with Gasteiger partial charge in [-0.15, -0.1) is 16.4 Å². The topological polar surface area (TPSA) is 99.8 Å². The predicted octanol–water partition coefficient (Wildman–Crippen LogP) is 3.67. The molecule has 1 aromatic carbocycles. The van der Waals surface area contributed by atoms with Crippen molar-refractivity contribution in [3.8, 4) is 11.5 Å². The number of benzene rings is 1. The summed E-state index contributed by atoms with van der Waals surface area (Å²) >= 11 is 1.70. The van der Waals surface area contributed by atoms with Gasteiger partial charge in [0.25, 0.3) is 0 Å². The van der Waals surface area contributed by atoms with Crippen LogP contribution in [0.1, 0.15) is 37.6 Å². The highest BCUT2D eigenvalue weighted by atomic mass is 32.1. The molecule has 0 radical (unpaired) electrons. The number of nitrogens with zero attached hydrogens (tertiary/aromatic N) is 4. The van der Waals surface area contributed by atoms with Crippen LogP contribution in [0.25, 0.3) is 15.9 Å². The number of hydrogen-bond acceptors (Lipinski definition) is 7. The lowest BCUT2D eigenvalue weighted by molar-refractivity contribution is -0.117. The van der Waals surface area contributed by atoms with Crippen molar-refractivity contribution in [1.29, 1.82) is 0 Å². The number of carbonyl (C=O) groups excluding carboxylic acids is 1. The van der Waals surface area contributed by atoms with Crippen LogP contribution in [-0.4, -0.2) is 38.3 Å². The van der Waals surface area contributed by atoms with Gasteiger partial charge >= 0.3 is 5.69 Å². The average Bonchev–Trinajstić information content (AvgIpc) is 3.35. The van der Waals surface area contributed by atoms with Gasteiger partial charge < -0.3 is 14.8 Å². The third kappa shape index (κ3) is 3.85. The molecule has 1 aliphatic heterocycles. The summed E-state index contributed by atoms with van der Waals surface area (Å²) in [4.78, 5) is 32.6. The molecule has 6 rings (SSSR count). The predicted molar refractivity (Wildman–Crippen MR) is 134 cm³/mol. The van der Waals surface area contributed by atoms with Gasteiger partial charge in [0.15, 0.2) is 17.1 Å². The lowest BCUT2D eigenvalue weighted by Crippen LogP contribution is -2.28. The van der Waals surface area contributed by atoms with E-state index in [9.17, 15) is 9.59 Å². The fraction of sp³-hybridized carbons (Fsp3) is 0.440. The lowest BCUT2D eigenvalue weighted by atomic mass is 9.72. The molecule has 0 saturated carbocycles. The highest BCUT2D eigenvalue weighted by molar-refractivity contribution is 7.19. The molecule has 1 atom stereocenters. The maximum Gasteiger partial charge on any atom is 0.352 e. The van der Waals surface area contributed by atoms with E-state index in [1.54, 1.807) is 29.5 Å². The SMILES string of the molecule is CC(C)(C)[C@@H]1CCc2c(sc3ncn4c(=O)n(CC(=O)Nc5ccc6c(c5)OCCO6)nc4c23)C1. The van der Waals surface area contributed by atoms with Gasteiger partial charge in [-0.2, -0.15) is 0 Å². The number of rotatable bonds is 3. The van der Waals surface area contributed by atoms with Crippen molar-refractivity contribution in [2.24, 2.45) is 11.3 Å². The summed E-state index contributed by atoms with van der Waals surface area (Å²) in [7, 11) is 0. The van der Waals surface area contributed by atoms with Gasteiger partial charge in [0.2, 0.25) is 5.91 Å². The number of nitrogens with one attached hydrogen (secondary N) is 1. The van der Waals surface area contributed by atoms with E-state index in [1.165, 1.54) is 25.9 Å². The number of anilines is 1. The van der Waals surface area contributed by atoms with E-state index in [2.05, 4.69) is 36.2 Å². The van der Waals surface area contributed by atoms with E-state index in [0.29, 0.717) is 42.0 Å². The van der Waals surface area contributed by atoms with Crippen LogP contribution in [-0.2, 0) is 24.2 Å². The molecule has 0 spiro atoms. The molecule has 4 aromatic rings. The van der Waals surface area contributed by atoms with Crippen molar-refractivity contribution in [3.05, 3.63) is 45.5 Å². The van der Waals surface area contributed by atoms with Crippen LogP contribution in [0.5, 0.6) is 11.5 Å². The zero-order valence-corrected chi connectivity index (χ0v) is 20.8. The van der Waals surface area contributed by atoms with Gasteiger partial charge in [-0.05, 0) is 48.3 Å². The second-order valence-electron chi connectivity index (χ2n) is 10.3. The Labute approximate surface area is 205 Å². The number of carbonyl (C=O) groups is 1. The molecule has 0 fully saturated rings. The largest absolute Gasteiger partial charge is 0.486 e. The Bertz CT molecular complexity index is 1530. The smallest absolute Gasteiger partial charge is 0.352 e. The molecular weight excluding hydrogens is 466 g/mol. The second kappa shape index (κ2) is 8.08. The minimum Gasteiger partial charge on any atom is -0.486 e. The molecule has 9 nitrogen and oxygen atoms in total. The van der Waals surface area contributed by atoms with Crippen molar-refractivity contribution in [2.45, 2.75) is 46.6 Å². The van der Waals surface area contributed by atoms with Crippen LogP contribution >= 0.6 is 11.3 Å². The van der Waals surface area contributed by atoms with E-state index in [1.807, 2.05) is 0 Å². The normalized spacial score (nSPS) is 17.5. The van der Waals surface area contributed by atoms with Crippen LogP contribution < -0.4 is 20.5 Å². The van der Waals surface area contributed by atoms with Crippen LogP contribution in [0, 0.1) is 11.3 Å². The molecule has 3 aromatic heterocycles. The minimum absolute atomic E-state index is 0.200. The standard InChI is InChI=1S/C25H27N5O4S/c1-25(2,3)14-4-6-16-19(10-14)35-23-21(16)22-28-30(24(32)29(22)13-26-23)12-20(31)27-15-5-7-17-18(11-15)34-9-8-33-17/h5,7,11,13-14H,4,6,8-10,12H2,1-3H3,(H,27,31)/t14-/m1/s1. The van der Waals surface area contributed by atoms with Gasteiger partial charge in [0.05, 0.1) is 5.39 Å². The first-order valence-corrected chi connectivity index (χ1v) is 12.7. The molecule has 0 saturated heterocycles. The van der Waals surface area contributed by atoms with E-state index >= 15 is 0 Å². The molecular formula is C25H27N5O4S. The molecule has 35 heavy (non-hydrogen) atoms. The number of aryl methyl sites for hydroxylation is 1. The van der Waals surface area contributed by atoms with E-state index < -0.39 is 0 Å². The van der Waals surface area contributed by atoms with E-state index in [0.717, 1.165) is 29.5 Å². The van der Waals surface area contributed by atoms with E-state index in [4.69, 9.17) is 9.47 Å². The minimum atomic E-state index is -0.380. The molecule has 182 valence electrons. The molecule has 4 heterocycles. The number of fused-ring (bicyclic) bond motifs is 6. The Balaban J connectivity index is 1.29.